The third-order valence-electron chi connectivity index (χ3n) is 3.72. The summed E-state index contributed by atoms with van der Waals surface area (Å²) in [5, 5.41) is 18.3. The van der Waals surface area contributed by atoms with E-state index < -0.39 is 11.4 Å². The molecule has 1 amide bonds. The Morgan fingerprint density at radius 1 is 1.22 bits per heavy atom. The molecule has 0 atom stereocenters. The summed E-state index contributed by atoms with van der Waals surface area (Å²) < 4.78 is 0. The molecule has 5 nitrogen and oxygen atoms in total. The molecular weight excluding hydrogens is 234 g/mol. The van der Waals surface area contributed by atoms with Crippen molar-refractivity contribution in [2.45, 2.75) is 45.4 Å². The minimum Gasteiger partial charge on any atom is -0.481 e. The molecule has 0 spiro atoms. The van der Waals surface area contributed by atoms with Gasteiger partial charge < -0.3 is 15.1 Å². The summed E-state index contributed by atoms with van der Waals surface area (Å²) in [7, 11) is 0. The van der Waals surface area contributed by atoms with E-state index in [4.69, 9.17) is 5.11 Å². The Morgan fingerprint density at radius 3 is 2.28 bits per heavy atom. The van der Waals surface area contributed by atoms with Crippen molar-refractivity contribution < 1.29 is 19.8 Å². The first-order valence-electron chi connectivity index (χ1n) is 6.68. The van der Waals surface area contributed by atoms with Gasteiger partial charge in [-0.3, -0.25) is 9.59 Å². The number of aliphatic hydroxyl groups excluding tert-OH is 1. The van der Waals surface area contributed by atoms with E-state index in [1.807, 2.05) is 6.92 Å². The molecule has 18 heavy (non-hydrogen) atoms. The number of hydrogen-bond donors (Lipinski definition) is 2. The van der Waals surface area contributed by atoms with Gasteiger partial charge in [-0.05, 0) is 19.3 Å². The molecule has 1 saturated carbocycles. The van der Waals surface area contributed by atoms with Crippen molar-refractivity contribution in [3.8, 4) is 0 Å². The average molecular weight is 257 g/mol. The summed E-state index contributed by atoms with van der Waals surface area (Å²) >= 11 is 0. The second-order valence-electron chi connectivity index (χ2n) is 5.07. The summed E-state index contributed by atoms with van der Waals surface area (Å²) in [6.07, 6.45) is 3.83. The van der Waals surface area contributed by atoms with Crippen LogP contribution in [0.1, 0.15) is 45.4 Å². The van der Waals surface area contributed by atoms with E-state index in [2.05, 4.69) is 0 Å². The van der Waals surface area contributed by atoms with Gasteiger partial charge in [-0.25, -0.2) is 0 Å². The van der Waals surface area contributed by atoms with E-state index in [1.54, 1.807) is 4.90 Å². The van der Waals surface area contributed by atoms with Gasteiger partial charge in [-0.2, -0.15) is 0 Å². The van der Waals surface area contributed by atoms with Gasteiger partial charge >= 0.3 is 5.97 Å². The monoisotopic (exact) mass is 257 g/mol. The summed E-state index contributed by atoms with van der Waals surface area (Å²) in [5.41, 5.74) is -0.863. The van der Waals surface area contributed by atoms with Gasteiger partial charge in [0.2, 0.25) is 5.91 Å². The van der Waals surface area contributed by atoms with Crippen LogP contribution in [0.15, 0.2) is 0 Å². The van der Waals surface area contributed by atoms with E-state index >= 15 is 0 Å². The van der Waals surface area contributed by atoms with Crippen LogP contribution in [0, 0.1) is 5.41 Å². The van der Waals surface area contributed by atoms with Crippen molar-refractivity contribution >= 4 is 11.9 Å². The normalized spacial score (nSPS) is 17.7. The maximum atomic E-state index is 12.1. The number of amides is 1. The van der Waals surface area contributed by atoms with Crippen LogP contribution in [-0.4, -0.2) is 46.7 Å². The molecule has 0 bridgehead atoms. The molecule has 0 unspecified atom stereocenters. The molecule has 0 aromatic rings. The molecule has 5 heteroatoms. The standard InChI is InChI=1S/C13H23NO4/c1-2-7-14(8-9-15)11(16)10-13(12(17)18)5-3-4-6-13/h15H,2-10H2,1H3,(H,17,18). The highest BCUT2D eigenvalue weighted by Crippen LogP contribution is 2.41. The summed E-state index contributed by atoms with van der Waals surface area (Å²) in [6.45, 7) is 2.75. The Labute approximate surface area is 108 Å². The lowest BCUT2D eigenvalue weighted by molar-refractivity contribution is -0.153. The van der Waals surface area contributed by atoms with Crippen LogP contribution >= 0.6 is 0 Å². The summed E-state index contributed by atoms with van der Waals surface area (Å²) in [4.78, 5) is 25.1. The Hall–Kier alpha value is -1.10. The SMILES string of the molecule is CCCN(CCO)C(=O)CC1(C(=O)O)CCCC1. The molecule has 0 heterocycles. The lowest BCUT2D eigenvalue weighted by Gasteiger charge is -2.28. The molecule has 0 aliphatic heterocycles. The molecule has 1 aliphatic rings. The first-order chi connectivity index (χ1) is 8.55. The number of hydrogen-bond acceptors (Lipinski definition) is 3. The van der Waals surface area contributed by atoms with E-state index in [0.717, 1.165) is 19.3 Å². The number of carbonyl (C=O) groups excluding carboxylic acids is 1. The second-order valence-corrected chi connectivity index (χ2v) is 5.07. The quantitative estimate of drug-likeness (QED) is 0.719. The predicted octanol–water partition coefficient (Wildman–Crippen LogP) is 1.25. The number of aliphatic carboxylic acids is 1. The fourth-order valence-corrected chi connectivity index (χ4v) is 2.67. The number of aliphatic hydroxyl groups is 1. The van der Waals surface area contributed by atoms with E-state index in [0.29, 0.717) is 25.9 Å². The number of carboxylic acids is 1. The molecule has 0 aromatic carbocycles. The first-order valence-corrected chi connectivity index (χ1v) is 6.68. The average Bonchev–Trinajstić information content (AvgIpc) is 2.78. The highest BCUT2D eigenvalue weighted by atomic mass is 16.4. The second kappa shape index (κ2) is 6.73. The Kier molecular flexibility index (Phi) is 5.59. The van der Waals surface area contributed by atoms with Gasteiger partial charge in [0.1, 0.15) is 0 Å². The minimum atomic E-state index is -0.863. The van der Waals surface area contributed by atoms with E-state index in [1.165, 1.54) is 0 Å². The molecule has 0 radical (unpaired) electrons. The molecular formula is C13H23NO4. The van der Waals surface area contributed by atoms with Crippen LogP contribution < -0.4 is 0 Å². The third kappa shape index (κ3) is 3.45. The van der Waals surface area contributed by atoms with Crippen molar-refractivity contribution in [1.82, 2.24) is 4.90 Å². The lowest BCUT2D eigenvalue weighted by atomic mass is 9.82. The van der Waals surface area contributed by atoms with Gasteiger partial charge in [0.05, 0.1) is 12.0 Å². The Bertz CT molecular complexity index is 291. The maximum Gasteiger partial charge on any atom is 0.310 e. The predicted molar refractivity (Wildman–Crippen MR) is 67.1 cm³/mol. The topological polar surface area (TPSA) is 77.8 Å². The van der Waals surface area contributed by atoms with Crippen molar-refractivity contribution in [2.24, 2.45) is 5.41 Å². The number of nitrogens with zero attached hydrogens (tertiary/aromatic N) is 1. The summed E-state index contributed by atoms with van der Waals surface area (Å²) in [6, 6.07) is 0. The molecule has 0 aromatic heterocycles. The van der Waals surface area contributed by atoms with Crippen molar-refractivity contribution in [3.63, 3.8) is 0 Å². The molecule has 104 valence electrons. The van der Waals surface area contributed by atoms with E-state index in [-0.39, 0.29) is 18.9 Å². The largest absolute Gasteiger partial charge is 0.481 e. The highest BCUT2D eigenvalue weighted by Gasteiger charge is 2.43. The molecule has 0 saturated heterocycles. The third-order valence-corrected chi connectivity index (χ3v) is 3.72. The van der Waals surface area contributed by atoms with Gasteiger partial charge in [-0.15, -0.1) is 0 Å². The zero-order valence-corrected chi connectivity index (χ0v) is 11.0. The van der Waals surface area contributed by atoms with Gasteiger partial charge in [0.25, 0.3) is 0 Å². The van der Waals surface area contributed by atoms with Crippen molar-refractivity contribution in [3.05, 3.63) is 0 Å². The number of rotatable bonds is 7. The van der Waals surface area contributed by atoms with Crippen LogP contribution in [0.3, 0.4) is 0 Å². The van der Waals surface area contributed by atoms with Crippen LogP contribution in [-0.2, 0) is 9.59 Å². The van der Waals surface area contributed by atoms with Gasteiger partial charge in [0.15, 0.2) is 0 Å². The van der Waals surface area contributed by atoms with Crippen molar-refractivity contribution in [2.75, 3.05) is 19.7 Å². The number of carbonyl (C=O) groups is 2. The molecule has 1 fully saturated rings. The zero-order chi connectivity index (χ0) is 13.6. The Balaban J connectivity index is 2.67. The fraction of sp³-hybridized carbons (Fsp3) is 0.846. The Morgan fingerprint density at radius 2 is 1.83 bits per heavy atom. The fourth-order valence-electron chi connectivity index (χ4n) is 2.67. The zero-order valence-electron chi connectivity index (χ0n) is 11.0. The van der Waals surface area contributed by atoms with Crippen molar-refractivity contribution in [1.29, 1.82) is 0 Å². The van der Waals surface area contributed by atoms with Crippen LogP contribution in [0.5, 0.6) is 0 Å². The first kappa shape index (κ1) is 15.0. The van der Waals surface area contributed by atoms with Crippen LogP contribution in [0.2, 0.25) is 0 Å². The highest BCUT2D eigenvalue weighted by molar-refractivity contribution is 5.85. The maximum absolute atomic E-state index is 12.1. The minimum absolute atomic E-state index is 0.0718. The lowest BCUT2D eigenvalue weighted by Crippen LogP contribution is -2.40. The van der Waals surface area contributed by atoms with Crippen LogP contribution in [0.4, 0.5) is 0 Å². The molecule has 2 N–H and O–H groups in total. The van der Waals surface area contributed by atoms with Gasteiger partial charge in [-0.1, -0.05) is 19.8 Å². The smallest absolute Gasteiger partial charge is 0.310 e. The molecule has 1 rings (SSSR count). The van der Waals surface area contributed by atoms with E-state index in [9.17, 15) is 14.7 Å². The van der Waals surface area contributed by atoms with Crippen LogP contribution in [0.25, 0.3) is 0 Å². The van der Waals surface area contributed by atoms with Gasteiger partial charge in [0, 0.05) is 19.5 Å². The number of carboxylic acid groups (broad SMARTS) is 1. The molecule has 1 aliphatic carbocycles. The summed E-state index contributed by atoms with van der Waals surface area (Å²) in [5.74, 6) is -0.996.